The van der Waals surface area contributed by atoms with Crippen LogP contribution >= 0.6 is 15.9 Å². The number of carbonyl (C=O) groups excluding carboxylic acids is 1. The van der Waals surface area contributed by atoms with Gasteiger partial charge >= 0.3 is 0 Å². The lowest BCUT2D eigenvalue weighted by molar-refractivity contribution is -0.121. The molecule has 0 aliphatic rings. The normalized spacial score (nSPS) is 11.3. The molecule has 0 aliphatic carbocycles. The van der Waals surface area contributed by atoms with Gasteiger partial charge in [0, 0.05) is 18.3 Å². The van der Waals surface area contributed by atoms with Crippen molar-refractivity contribution in [3.8, 4) is 0 Å². The van der Waals surface area contributed by atoms with Crippen molar-refractivity contribution >= 4 is 31.9 Å². The molecule has 0 saturated carbocycles. The van der Waals surface area contributed by atoms with Crippen LogP contribution in [0.5, 0.6) is 0 Å². The Labute approximate surface area is 128 Å². The molecule has 0 radical (unpaired) electrons. The SMILES string of the molecule is NS(=O)(=O)c1ccc(CCNC(=O)CCCCBr)cc1. The number of halogens is 1. The Balaban J connectivity index is 2.34. The molecule has 1 rings (SSSR count). The summed E-state index contributed by atoms with van der Waals surface area (Å²) in [5, 5.41) is 8.77. The molecule has 5 nitrogen and oxygen atoms in total. The van der Waals surface area contributed by atoms with Crippen LogP contribution in [-0.4, -0.2) is 26.2 Å². The molecule has 0 aliphatic heterocycles. The van der Waals surface area contributed by atoms with Gasteiger partial charge in [0.25, 0.3) is 0 Å². The average Bonchev–Trinajstić information content (AvgIpc) is 2.38. The third-order valence-electron chi connectivity index (χ3n) is 2.78. The number of nitrogens with one attached hydrogen (secondary N) is 1. The molecule has 0 saturated heterocycles. The quantitative estimate of drug-likeness (QED) is 0.543. The molecule has 20 heavy (non-hydrogen) atoms. The highest BCUT2D eigenvalue weighted by atomic mass is 79.9. The van der Waals surface area contributed by atoms with E-state index in [0.717, 1.165) is 23.7 Å². The fourth-order valence-electron chi connectivity index (χ4n) is 1.66. The highest BCUT2D eigenvalue weighted by molar-refractivity contribution is 9.09. The lowest BCUT2D eigenvalue weighted by atomic mass is 10.1. The molecule has 7 heteroatoms. The Bertz CT molecular complexity index is 529. The molecule has 1 amide bonds. The third kappa shape index (κ3) is 6.49. The molecule has 3 N–H and O–H groups in total. The highest BCUT2D eigenvalue weighted by Crippen LogP contribution is 2.09. The number of hydrogen-bond acceptors (Lipinski definition) is 3. The fourth-order valence-corrected chi connectivity index (χ4v) is 2.57. The molecule has 1 aromatic rings. The van der Waals surface area contributed by atoms with E-state index in [1.165, 1.54) is 12.1 Å². The maximum absolute atomic E-state index is 11.5. The zero-order valence-electron chi connectivity index (χ0n) is 11.1. The summed E-state index contributed by atoms with van der Waals surface area (Å²) in [6.45, 7) is 0.544. The molecule has 0 heterocycles. The molecule has 0 atom stereocenters. The van der Waals surface area contributed by atoms with Crippen LogP contribution in [0.25, 0.3) is 0 Å². The summed E-state index contributed by atoms with van der Waals surface area (Å²) < 4.78 is 22.2. The highest BCUT2D eigenvalue weighted by Gasteiger charge is 2.06. The van der Waals surface area contributed by atoms with E-state index in [9.17, 15) is 13.2 Å². The van der Waals surface area contributed by atoms with E-state index in [2.05, 4.69) is 21.2 Å². The minimum atomic E-state index is -3.64. The van der Waals surface area contributed by atoms with Gasteiger partial charge in [-0.3, -0.25) is 4.79 Å². The molecule has 0 spiro atoms. The van der Waals surface area contributed by atoms with Gasteiger partial charge in [0.05, 0.1) is 4.90 Å². The van der Waals surface area contributed by atoms with Gasteiger partial charge in [-0.15, -0.1) is 0 Å². The van der Waals surface area contributed by atoms with Crippen molar-refractivity contribution in [3.05, 3.63) is 29.8 Å². The Kier molecular flexibility index (Phi) is 7.18. The van der Waals surface area contributed by atoms with Crippen LogP contribution in [0.1, 0.15) is 24.8 Å². The van der Waals surface area contributed by atoms with Crippen LogP contribution < -0.4 is 10.5 Å². The summed E-state index contributed by atoms with van der Waals surface area (Å²) in [5.41, 5.74) is 0.957. The van der Waals surface area contributed by atoms with Crippen molar-refractivity contribution in [3.63, 3.8) is 0 Å². The van der Waals surface area contributed by atoms with Crippen LogP contribution in [0.3, 0.4) is 0 Å². The number of benzene rings is 1. The third-order valence-corrected chi connectivity index (χ3v) is 4.27. The summed E-state index contributed by atoms with van der Waals surface area (Å²) >= 11 is 3.32. The van der Waals surface area contributed by atoms with Gasteiger partial charge in [0.15, 0.2) is 0 Å². The smallest absolute Gasteiger partial charge is 0.238 e. The van der Waals surface area contributed by atoms with E-state index in [0.29, 0.717) is 19.4 Å². The molecule has 0 unspecified atom stereocenters. The largest absolute Gasteiger partial charge is 0.356 e. The van der Waals surface area contributed by atoms with Crippen molar-refractivity contribution in [1.82, 2.24) is 5.32 Å². The molecular formula is C13H19BrN2O3S. The minimum Gasteiger partial charge on any atom is -0.356 e. The molecule has 1 aromatic carbocycles. The maximum atomic E-state index is 11.5. The van der Waals surface area contributed by atoms with Gasteiger partial charge in [-0.05, 0) is 37.0 Å². The topological polar surface area (TPSA) is 89.3 Å². The van der Waals surface area contributed by atoms with Gasteiger partial charge in [-0.1, -0.05) is 28.1 Å². The first-order chi connectivity index (χ1) is 9.43. The summed E-state index contributed by atoms with van der Waals surface area (Å²) in [4.78, 5) is 11.6. The van der Waals surface area contributed by atoms with Crippen LogP contribution in [0, 0.1) is 0 Å². The number of rotatable bonds is 8. The lowest BCUT2D eigenvalue weighted by Crippen LogP contribution is -2.25. The van der Waals surface area contributed by atoms with Crippen LogP contribution in [0.15, 0.2) is 29.2 Å². The second-order valence-corrected chi connectivity index (χ2v) is 6.79. The van der Waals surface area contributed by atoms with Gasteiger partial charge in [-0.25, -0.2) is 13.6 Å². The summed E-state index contributed by atoms with van der Waals surface area (Å²) in [5.74, 6) is 0.0482. The first-order valence-electron chi connectivity index (χ1n) is 6.38. The Hall–Kier alpha value is -0.920. The lowest BCUT2D eigenvalue weighted by Gasteiger charge is -2.06. The number of alkyl halides is 1. The number of sulfonamides is 1. The molecule has 0 bridgehead atoms. The number of hydrogen-bond donors (Lipinski definition) is 2. The van der Waals surface area contributed by atoms with Crippen molar-refractivity contribution in [1.29, 1.82) is 0 Å². The van der Waals surface area contributed by atoms with Gasteiger partial charge in [0.1, 0.15) is 0 Å². The first-order valence-corrected chi connectivity index (χ1v) is 9.04. The van der Waals surface area contributed by atoms with Crippen LogP contribution in [-0.2, 0) is 21.2 Å². The maximum Gasteiger partial charge on any atom is 0.238 e. The number of nitrogens with two attached hydrogens (primary N) is 1. The Morgan fingerprint density at radius 2 is 1.85 bits per heavy atom. The zero-order valence-corrected chi connectivity index (χ0v) is 13.5. The van der Waals surface area contributed by atoms with Gasteiger partial charge in [0.2, 0.25) is 15.9 Å². The number of unbranched alkanes of at least 4 members (excludes halogenated alkanes) is 1. The summed E-state index contributed by atoms with van der Waals surface area (Å²) in [6.07, 6.45) is 3.06. The molecular weight excluding hydrogens is 344 g/mol. The van der Waals surface area contributed by atoms with Crippen LogP contribution in [0.4, 0.5) is 0 Å². The predicted molar refractivity (Wildman–Crippen MR) is 82.2 cm³/mol. The number of primary sulfonamides is 1. The molecule has 0 fully saturated rings. The second-order valence-electron chi connectivity index (χ2n) is 4.44. The molecule has 112 valence electrons. The zero-order chi connectivity index (χ0) is 15.0. The summed E-state index contributed by atoms with van der Waals surface area (Å²) in [7, 11) is -3.64. The predicted octanol–water partition coefficient (Wildman–Crippen LogP) is 1.56. The molecule has 0 aromatic heterocycles. The van der Waals surface area contributed by atoms with Gasteiger partial charge in [-0.2, -0.15) is 0 Å². The van der Waals surface area contributed by atoms with E-state index >= 15 is 0 Å². The monoisotopic (exact) mass is 362 g/mol. The Morgan fingerprint density at radius 1 is 1.20 bits per heavy atom. The standard InChI is InChI=1S/C13H19BrN2O3S/c14-9-2-1-3-13(17)16-10-8-11-4-6-12(7-5-11)20(15,18)19/h4-7H,1-3,8-10H2,(H,16,17)(H2,15,18,19). The van der Waals surface area contributed by atoms with E-state index < -0.39 is 10.0 Å². The number of amides is 1. The van der Waals surface area contributed by atoms with Gasteiger partial charge < -0.3 is 5.32 Å². The first kappa shape index (κ1) is 17.1. The second kappa shape index (κ2) is 8.39. The van der Waals surface area contributed by atoms with E-state index in [1.807, 2.05) is 0 Å². The Morgan fingerprint density at radius 3 is 2.40 bits per heavy atom. The number of carbonyl (C=O) groups is 1. The van der Waals surface area contributed by atoms with Crippen molar-refractivity contribution in [2.75, 3.05) is 11.9 Å². The summed E-state index contributed by atoms with van der Waals surface area (Å²) in [6, 6.07) is 6.36. The minimum absolute atomic E-state index is 0.0482. The van der Waals surface area contributed by atoms with Crippen molar-refractivity contribution in [2.45, 2.75) is 30.6 Å². The van der Waals surface area contributed by atoms with Crippen molar-refractivity contribution < 1.29 is 13.2 Å². The average molecular weight is 363 g/mol. The van der Waals surface area contributed by atoms with Crippen LogP contribution in [0.2, 0.25) is 0 Å². The van der Waals surface area contributed by atoms with E-state index in [1.54, 1.807) is 12.1 Å². The fraction of sp³-hybridized carbons (Fsp3) is 0.462. The van der Waals surface area contributed by atoms with E-state index in [-0.39, 0.29) is 10.8 Å². The van der Waals surface area contributed by atoms with Crippen molar-refractivity contribution in [2.24, 2.45) is 5.14 Å². The van der Waals surface area contributed by atoms with E-state index in [4.69, 9.17) is 5.14 Å².